The highest BCUT2D eigenvalue weighted by atomic mass is 32.2. The van der Waals surface area contributed by atoms with E-state index in [1.54, 1.807) is 36.4 Å². The Morgan fingerprint density at radius 2 is 1.45 bits per heavy atom. The molecule has 8 heteroatoms. The summed E-state index contributed by atoms with van der Waals surface area (Å²) in [5.41, 5.74) is 0.952. The number of ether oxygens (including phenoxy) is 2. The summed E-state index contributed by atoms with van der Waals surface area (Å²) < 4.78 is 38.1. The second-order valence-electron chi connectivity index (χ2n) is 7.63. The van der Waals surface area contributed by atoms with Crippen LogP contribution >= 0.6 is 0 Å². The summed E-state index contributed by atoms with van der Waals surface area (Å²) in [4.78, 5) is 12.9. The zero-order chi connectivity index (χ0) is 23.1. The molecule has 1 aliphatic rings. The molecule has 1 saturated heterocycles. The number of benzene rings is 3. The van der Waals surface area contributed by atoms with E-state index in [1.807, 2.05) is 30.3 Å². The van der Waals surface area contributed by atoms with Gasteiger partial charge in [-0.15, -0.1) is 0 Å². The summed E-state index contributed by atoms with van der Waals surface area (Å²) >= 11 is 0. The molecule has 0 radical (unpaired) electrons. The lowest BCUT2D eigenvalue weighted by molar-refractivity contribution is 0.102. The van der Waals surface area contributed by atoms with E-state index in [0.717, 1.165) is 18.6 Å². The number of para-hydroxylation sites is 1. The lowest BCUT2D eigenvalue weighted by Crippen LogP contribution is -2.27. The monoisotopic (exact) mass is 466 g/mol. The van der Waals surface area contributed by atoms with Gasteiger partial charge in [-0.05, 0) is 67.4 Å². The summed E-state index contributed by atoms with van der Waals surface area (Å²) in [5, 5.41) is 2.79. The molecule has 1 heterocycles. The fourth-order valence-corrected chi connectivity index (χ4v) is 5.07. The molecule has 3 aromatic rings. The van der Waals surface area contributed by atoms with Crippen LogP contribution in [0.2, 0.25) is 0 Å². The Morgan fingerprint density at radius 1 is 0.818 bits per heavy atom. The van der Waals surface area contributed by atoms with Gasteiger partial charge in [0.05, 0.1) is 4.90 Å². The minimum Gasteiger partial charge on any atom is -0.490 e. The molecule has 172 valence electrons. The third kappa shape index (κ3) is 5.91. The normalized spacial score (nSPS) is 14.1. The number of carbonyl (C=O) groups is 1. The predicted octanol–water partition coefficient (Wildman–Crippen LogP) is 4.18. The summed E-state index contributed by atoms with van der Waals surface area (Å²) in [7, 11) is -3.48. The van der Waals surface area contributed by atoms with Crippen LogP contribution in [0.5, 0.6) is 11.5 Å². The third-order valence-electron chi connectivity index (χ3n) is 5.28. The number of hydrogen-bond donors (Lipinski definition) is 1. The average Bonchev–Trinajstić information content (AvgIpc) is 3.39. The van der Waals surface area contributed by atoms with Gasteiger partial charge in [-0.2, -0.15) is 4.31 Å². The van der Waals surface area contributed by atoms with E-state index >= 15 is 0 Å². The fourth-order valence-electron chi connectivity index (χ4n) is 3.55. The maximum Gasteiger partial charge on any atom is 0.255 e. The molecule has 33 heavy (non-hydrogen) atoms. The van der Waals surface area contributed by atoms with Gasteiger partial charge in [0, 0.05) is 24.3 Å². The molecule has 4 rings (SSSR count). The molecule has 1 aliphatic heterocycles. The largest absolute Gasteiger partial charge is 0.490 e. The first kappa shape index (κ1) is 22.8. The van der Waals surface area contributed by atoms with E-state index in [0.29, 0.717) is 43.3 Å². The van der Waals surface area contributed by atoms with Gasteiger partial charge < -0.3 is 14.8 Å². The number of hydrogen-bond acceptors (Lipinski definition) is 5. The minimum absolute atomic E-state index is 0.232. The van der Waals surface area contributed by atoms with E-state index in [1.165, 1.54) is 16.4 Å². The van der Waals surface area contributed by atoms with Gasteiger partial charge in [0.15, 0.2) is 0 Å². The smallest absolute Gasteiger partial charge is 0.255 e. The Labute approximate surface area is 194 Å². The van der Waals surface area contributed by atoms with Crippen molar-refractivity contribution in [2.75, 3.05) is 31.6 Å². The molecule has 0 unspecified atom stereocenters. The summed E-state index contributed by atoms with van der Waals surface area (Å²) in [6.45, 7) is 1.83. The number of rotatable bonds is 9. The third-order valence-corrected chi connectivity index (χ3v) is 7.19. The number of anilines is 1. The molecule has 0 aromatic heterocycles. The maximum atomic E-state index is 12.7. The van der Waals surface area contributed by atoms with E-state index < -0.39 is 10.0 Å². The molecule has 0 atom stereocenters. The van der Waals surface area contributed by atoms with E-state index in [9.17, 15) is 13.2 Å². The minimum atomic E-state index is -3.48. The zero-order valence-electron chi connectivity index (χ0n) is 18.1. The molecule has 0 aliphatic carbocycles. The fraction of sp³-hybridized carbons (Fsp3) is 0.240. The number of carbonyl (C=O) groups excluding carboxylic acids is 1. The molecule has 0 saturated carbocycles. The van der Waals surface area contributed by atoms with Crippen LogP contribution in [0.1, 0.15) is 23.2 Å². The Hall–Kier alpha value is -3.36. The highest BCUT2D eigenvalue weighted by Gasteiger charge is 2.26. The highest BCUT2D eigenvalue weighted by Crippen LogP contribution is 2.23. The maximum absolute atomic E-state index is 12.7. The van der Waals surface area contributed by atoms with Gasteiger partial charge in [-0.25, -0.2) is 8.42 Å². The second kappa shape index (κ2) is 10.5. The zero-order valence-corrected chi connectivity index (χ0v) is 19.0. The first-order chi connectivity index (χ1) is 16.0. The van der Waals surface area contributed by atoms with Crippen molar-refractivity contribution in [3.05, 3.63) is 84.4 Å². The van der Waals surface area contributed by atoms with Crippen molar-refractivity contribution in [2.45, 2.75) is 17.7 Å². The van der Waals surface area contributed by atoms with Crippen molar-refractivity contribution >= 4 is 21.6 Å². The van der Waals surface area contributed by atoms with Crippen molar-refractivity contribution in [2.24, 2.45) is 0 Å². The van der Waals surface area contributed by atoms with Crippen molar-refractivity contribution in [1.82, 2.24) is 4.31 Å². The molecule has 1 amide bonds. The van der Waals surface area contributed by atoms with Crippen LogP contribution in [0.4, 0.5) is 5.69 Å². The predicted molar refractivity (Wildman–Crippen MR) is 126 cm³/mol. The lowest BCUT2D eigenvalue weighted by Gasteiger charge is -2.15. The number of sulfonamides is 1. The SMILES string of the molecule is O=C(Nc1ccc(S(=O)(=O)N2CCCC2)cc1)c1cccc(OCCOc2ccccc2)c1. The van der Waals surface area contributed by atoms with E-state index in [-0.39, 0.29) is 10.8 Å². The summed E-state index contributed by atoms with van der Waals surface area (Å²) in [5.74, 6) is 1.02. The lowest BCUT2D eigenvalue weighted by atomic mass is 10.2. The number of nitrogens with one attached hydrogen (secondary N) is 1. The van der Waals surface area contributed by atoms with Gasteiger partial charge in [-0.3, -0.25) is 4.79 Å². The standard InChI is InChI=1S/C25H26N2O5S/c28-25(26-21-11-13-24(14-12-21)33(29,30)27-15-4-5-16-27)20-7-6-10-23(19-20)32-18-17-31-22-8-2-1-3-9-22/h1-3,6-14,19H,4-5,15-18H2,(H,26,28). The second-order valence-corrected chi connectivity index (χ2v) is 9.57. The first-order valence-electron chi connectivity index (χ1n) is 10.8. The van der Waals surface area contributed by atoms with Crippen molar-refractivity contribution < 1.29 is 22.7 Å². The van der Waals surface area contributed by atoms with Crippen molar-refractivity contribution in [3.63, 3.8) is 0 Å². The van der Waals surface area contributed by atoms with Gasteiger partial charge in [0.2, 0.25) is 10.0 Å². The van der Waals surface area contributed by atoms with E-state index in [4.69, 9.17) is 9.47 Å². The highest BCUT2D eigenvalue weighted by molar-refractivity contribution is 7.89. The molecule has 0 spiro atoms. The van der Waals surface area contributed by atoms with Crippen LogP contribution < -0.4 is 14.8 Å². The molecule has 0 bridgehead atoms. The molecular weight excluding hydrogens is 440 g/mol. The van der Waals surface area contributed by atoms with Crippen LogP contribution in [-0.4, -0.2) is 44.9 Å². The molecular formula is C25H26N2O5S. The van der Waals surface area contributed by atoms with Gasteiger partial charge in [-0.1, -0.05) is 24.3 Å². The topological polar surface area (TPSA) is 84.9 Å². The number of amides is 1. The Morgan fingerprint density at radius 3 is 2.15 bits per heavy atom. The Kier molecular flexibility index (Phi) is 7.26. The van der Waals surface area contributed by atoms with E-state index in [2.05, 4.69) is 5.32 Å². The van der Waals surface area contributed by atoms with Crippen LogP contribution in [0.3, 0.4) is 0 Å². The Balaban J connectivity index is 1.32. The van der Waals surface area contributed by atoms with Gasteiger partial charge >= 0.3 is 0 Å². The molecule has 7 nitrogen and oxygen atoms in total. The molecule has 1 N–H and O–H groups in total. The summed E-state index contributed by atoms with van der Waals surface area (Å²) in [6, 6.07) is 22.6. The first-order valence-corrected chi connectivity index (χ1v) is 12.3. The number of nitrogens with zero attached hydrogens (tertiary/aromatic N) is 1. The Bertz CT molecular complexity index is 1170. The molecule has 1 fully saturated rings. The quantitative estimate of drug-likeness (QED) is 0.478. The summed E-state index contributed by atoms with van der Waals surface area (Å²) in [6.07, 6.45) is 1.77. The van der Waals surface area contributed by atoms with Crippen LogP contribution in [-0.2, 0) is 10.0 Å². The van der Waals surface area contributed by atoms with Crippen molar-refractivity contribution in [1.29, 1.82) is 0 Å². The van der Waals surface area contributed by atoms with Gasteiger partial charge in [0.25, 0.3) is 5.91 Å². The van der Waals surface area contributed by atoms with Gasteiger partial charge in [0.1, 0.15) is 24.7 Å². The van der Waals surface area contributed by atoms with Crippen molar-refractivity contribution in [3.8, 4) is 11.5 Å². The van der Waals surface area contributed by atoms with Crippen LogP contribution in [0.15, 0.2) is 83.8 Å². The van der Waals surface area contributed by atoms with Crippen LogP contribution in [0.25, 0.3) is 0 Å². The molecule has 3 aromatic carbocycles. The van der Waals surface area contributed by atoms with Crippen LogP contribution in [0, 0.1) is 0 Å². The average molecular weight is 467 g/mol.